The Bertz CT molecular complexity index is 210. The van der Waals surface area contributed by atoms with Gasteiger partial charge in [-0.2, -0.15) is 0 Å². The predicted octanol–water partition coefficient (Wildman–Crippen LogP) is 3.08. The standard InChI is InChI=1S/C8H8ClS/c9-8-4-2-1-3-7(8)5-6-10/h1-4H,5-6H2. The van der Waals surface area contributed by atoms with Gasteiger partial charge >= 0.3 is 0 Å². The van der Waals surface area contributed by atoms with E-state index in [4.69, 9.17) is 24.2 Å². The lowest BCUT2D eigenvalue weighted by Gasteiger charge is -1.98. The van der Waals surface area contributed by atoms with Crippen LogP contribution in [0, 0.1) is 0 Å². The van der Waals surface area contributed by atoms with E-state index in [0.29, 0.717) is 0 Å². The van der Waals surface area contributed by atoms with Crippen molar-refractivity contribution in [2.24, 2.45) is 0 Å². The normalized spacial score (nSPS) is 9.80. The molecule has 0 unspecified atom stereocenters. The van der Waals surface area contributed by atoms with Crippen LogP contribution in [0.1, 0.15) is 5.56 Å². The molecule has 0 atom stereocenters. The molecule has 53 valence electrons. The van der Waals surface area contributed by atoms with Gasteiger partial charge in [-0.1, -0.05) is 42.4 Å². The lowest BCUT2D eigenvalue weighted by atomic mass is 10.2. The first-order chi connectivity index (χ1) is 4.84. The highest BCUT2D eigenvalue weighted by Crippen LogP contribution is 2.15. The molecule has 0 aliphatic rings. The summed E-state index contributed by atoms with van der Waals surface area (Å²) in [4.78, 5) is 0. The minimum absolute atomic E-state index is 0.740. The highest BCUT2D eigenvalue weighted by molar-refractivity contribution is 7.80. The van der Waals surface area contributed by atoms with Crippen LogP contribution in [-0.2, 0) is 6.42 Å². The summed E-state index contributed by atoms with van der Waals surface area (Å²) in [6.07, 6.45) is 0.898. The highest BCUT2D eigenvalue weighted by atomic mass is 35.5. The molecule has 1 radical (unpaired) electrons. The lowest BCUT2D eigenvalue weighted by Crippen LogP contribution is -1.85. The SMILES string of the molecule is [S]CCc1ccccc1Cl. The molecule has 0 spiro atoms. The van der Waals surface area contributed by atoms with Crippen molar-refractivity contribution in [2.45, 2.75) is 6.42 Å². The van der Waals surface area contributed by atoms with Gasteiger partial charge in [-0.05, 0) is 18.1 Å². The van der Waals surface area contributed by atoms with Gasteiger partial charge in [0, 0.05) is 10.8 Å². The van der Waals surface area contributed by atoms with Crippen LogP contribution in [0.3, 0.4) is 0 Å². The third kappa shape index (κ3) is 1.93. The number of benzene rings is 1. The first-order valence-electron chi connectivity index (χ1n) is 3.16. The van der Waals surface area contributed by atoms with Crippen LogP contribution in [0.4, 0.5) is 0 Å². The molecule has 0 amide bonds. The van der Waals surface area contributed by atoms with Gasteiger partial charge in [-0.15, -0.1) is 0 Å². The average Bonchev–Trinajstić information content (AvgIpc) is 1.94. The Labute approximate surface area is 71.6 Å². The van der Waals surface area contributed by atoms with Crippen LogP contribution >= 0.6 is 24.2 Å². The number of hydrogen-bond donors (Lipinski definition) is 0. The van der Waals surface area contributed by atoms with Crippen molar-refractivity contribution in [1.82, 2.24) is 0 Å². The fourth-order valence-electron chi connectivity index (χ4n) is 0.811. The van der Waals surface area contributed by atoms with Gasteiger partial charge in [0.05, 0.1) is 0 Å². The monoisotopic (exact) mass is 171 g/mol. The lowest BCUT2D eigenvalue weighted by molar-refractivity contribution is 1.16. The van der Waals surface area contributed by atoms with Gasteiger partial charge < -0.3 is 0 Å². The fourth-order valence-corrected chi connectivity index (χ4v) is 1.26. The van der Waals surface area contributed by atoms with Crippen LogP contribution in [0.25, 0.3) is 0 Å². The summed E-state index contributed by atoms with van der Waals surface area (Å²) >= 11 is 10.7. The van der Waals surface area contributed by atoms with Crippen LogP contribution in [0.5, 0.6) is 0 Å². The number of rotatable bonds is 2. The van der Waals surface area contributed by atoms with E-state index in [9.17, 15) is 0 Å². The third-order valence-corrected chi connectivity index (χ3v) is 1.90. The maximum absolute atomic E-state index is 5.86. The van der Waals surface area contributed by atoms with E-state index in [1.807, 2.05) is 24.3 Å². The van der Waals surface area contributed by atoms with Crippen molar-refractivity contribution >= 4 is 24.2 Å². The minimum atomic E-state index is 0.740. The Morgan fingerprint density at radius 2 is 2.00 bits per heavy atom. The fraction of sp³-hybridized carbons (Fsp3) is 0.250. The van der Waals surface area contributed by atoms with Crippen LogP contribution in [0.15, 0.2) is 24.3 Å². The van der Waals surface area contributed by atoms with Crippen molar-refractivity contribution in [3.8, 4) is 0 Å². The molecule has 1 rings (SSSR count). The maximum atomic E-state index is 5.86. The quantitative estimate of drug-likeness (QED) is 0.642. The molecule has 2 heteroatoms. The van der Waals surface area contributed by atoms with Gasteiger partial charge in [-0.3, -0.25) is 0 Å². The van der Waals surface area contributed by atoms with E-state index in [1.54, 1.807) is 0 Å². The minimum Gasteiger partial charge on any atom is -0.0938 e. The Balaban J connectivity index is 2.81. The first-order valence-corrected chi connectivity index (χ1v) is 4.11. The average molecular weight is 172 g/mol. The van der Waals surface area contributed by atoms with E-state index in [2.05, 4.69) is 0 Å². The molecule has 1 aromatic carbocycles. The van der Waals surface area contributed by atoms with E-state index in [0.717, 1.165) is 22.8 Å². The molecule has 0 heterocycles. The smallest absolute Gasteiger partial charge is 0.0438 e. The maximum Gasteiger partial charge on any atom is 0.0438 e. The molecule has 0 N–H and O–H groups in total. The molecule has 10 heavy (non-hydrogen) atoms. The second-order valence-corrected chi connectivity index (χ2v) is 2.86. The van der Waals surface area contributed by atoms with E-state index in [-0.39, 0.29) is 0 Å². The number of hydrogen-bond acceptors (Lipinski definition) is 0. The molecular formula is C8H8ClS. The zero-order valence-corrected chi connectivity index (χ0v) is 7.08. The van der Waals surface area contributed by atoms with E-state index < -0.39 is 0 Å². The summed E-state index contributed by atoms with van der Waals surface area (Å²) in [6.45, 7) is 0. The third-order valence-electron chi connectivity index (χ3n) is 1.33. The molecule has 0 fully saturated rings. The molecule has 0 nitrogen and oxygen atoms in total. The van der Waals surface area contributed by atoms with Crippen molar-refractivity contribution in [3.63, 3.8) is 0 Å². The Hall–Kier alpha value is -0.140. The van der Waals surface area contributed by atoms with Crippen molar-refractivity contribution in [2.75, 3.05) is 5.75 Å². The molecule has 0 aliphatic carbocycles. The summed E-state index contributed by atoms with van der Waals surface area (Å²) in [7, 11) is 0. The van der Waals surface area contributed by atoms with Crippen molar-refractivity contribution in [3.05, 3.63) is 34.9 Å². The molecular weight excluding hydrogens is 164 g/mol. The van der Waals surface area contributed by atoms with Gasteiger partial charge in [0.2, 0.25) is 0 Å². The van der Waals surface area contributed by atoms with Crippen molar-refractivity contribution in [1.29, 1.82) is 0 Å². The summed E-state index contributed by atoms with van der Waals surface area (Å²) in [5.41, 5.74) is 1.15. The number of halogens is 1. The largest absolute Gasteiger partial charge is 0.0938 e. The van der Waals surface area contributed by atoms with Gasteiger partial charge in [-0.25, -0.2) is 0 Å². The van der Waals surface area contributed by atoms with Gasteiger partial charge in [0.25, 0.3) is 0 Å². The van der Waals surface area contributed by atoms with E-state index in [1.165, 1.54) is 0 Å². The summed E-state index contributed by atoms with van der Waals surface area (Å²) in [6, 6.07) is 7.80. The second kappa shape index (κ2) is 3.89. The van der Waals surface area contributed by atoms with Gasteiger partial charge in [0.15, 0.2) is 0 Å². The Morgan fingerprint density at radius 3 is 2.60 bits per heavy atom. The summed E-state index contributed by atoms with van der Waals surface area (Å²) in [5.74, 6) is 0.740. The zero-order valence-electron chi connectivity index (χ0n) is 5.51. The second-order valence-electron chi connectivity index (χ2n) is 2.05. The molecule has 0 saturated heterocycles. The zero-order chi connectivity index (χ0) is 7.40. The summed E-state index contributed by atoms with van der Waals surface area (Å²) < 4.78 is 0. The molecule has 1 aromatic rings. The van der Waals surface area contributed by atoms with E-state index >= 15 is 0 Å². The highest BCUT2D eigenvalue weighted by Gasteiger charge is 1.95. The van der Waals surface area contributed by atoms with Crippen molar-refractivity contribution < 1.29 is 0 Å². The Morgan fingerprint density at radius 1 is 1.30 bits per heavy atom. The predicted molar refractivity (Wildman–Crippen MR) is 47.6 cm³/mol. The van der Waals surface area contributed by atoms with Gasteiger partial charge in [0.1, 0.15) is 0 Å². The Kier molecular flexibility index (Phi) is 3.10. The summed E-state index contributed by atoms with van der Waals surface area (Å²) in [5, 5.41) is 0.826. The first kappa shape index (κ1) is 7.96. The molecule has 0 bridgehead atoms. The molecule has 0 aromatic heterocycles. The molecule has 0 saturated carbocycles. The topological polar surface area (TPSA) is 0 Å². The van der Waals surface area contributed by atoms with Crippen LogP contribution in [-0.4, -0.2) is 5.75 Å². The van der Waals surface area contributed by atoms with Crippen LogP contribution in [0.2, 0.25) is 5.02 Å². The molecule has 0 aliphatic heterocycles. The number of aryl methyl sites for hydroxylation is 1. The van der Waals surface area contributed by atoms with Crippen LogP contribution < -0.4 is 0 Å².